The summed E-state index contributed by atoms with van der Waals surface area (Å²) in [5.41, 5.74) is 1.53. The Labute approximate surface area is 178 Å². The number of hydrogen-bond acceptors (Lipinski definition) is 9. The lowest BCUT2D eigenvalue weighted by Gasteiger charge is -2.10. The Balaban J connectivity index is 1.80. The lowest BCUT2D eigenvalue weighted by atomic mass is 10.2. The van der Waals surface area contributed by atoms with Crippen LogP contribution < -0.4 is 10.6 Å². The zero-order valence-electron chi connectivity index (χ0n) is 17.3. The fourth-order valence-electron chi connectivity index (χ4n) is 2.55. The summed E-state index contributed by atoms with van der Waals surface area (Å²) in [4.78, 5) is 35.3. The van der Waals surface area contributed by atoms with Crippen LogP contribution in [-0.2, 0) is 4.74 Å². The van der Waals surface area contributed by atoms with E-state index in [-0.39, 0.29) is 23.2 Å². The quantitative estimate of drug-likeness (QED) is 0.308. The lowest BCUT2D eigenvalue weighted by Crippen LogP contribution is -2.10. The SMILES string of the molecule is Cc1ccc(Nc2ncnc(Nc3ccc(C(=O)OCC(C)C)cc3)c2[N+](=O)[O-])nc1. The van der Waals surface area contributed by atoms with Crippen LogP contribution in [0.3, 0.4) is 0 Å². The van der Waals surface area contributed by atoms with Crippen LogP contribution in [0.15, 0.2) is 48.9 Å². The van der Waals surface area contributed by atoms with Gasteiger partial charge in [0, 0.05) is 11.9 Å². The third-order valence-corrected chi connectivity index (χ3v) is 4.09. The monoisotopic (exact) mass is 422 g/mol. The number of carbonyl (C=O) groups excluding carboxylic acids is 1. The standard InChI is InChI=1S/C21H22N6O4/c1-13(2)11-31-21(28)15-5-7-16(8-6-15)25-19-18(27(29)30)20(24-12-23-19)26-17-9-4-14(3)10-22-17/h4-10,12-13H,11H2,1-3H3,(H2,22,23,24,25,26). The maximum absolute atomic E-state index is 12.0. The van der Waals surface area contributed by atoms with Crippen molar-refractivity contribution in [1.29, 1.82) is 0 Å². The van der Waals surface area contributed by atoms with Crippen molar-refractivity contribution in [2.45, 2.75) is 20.8 Å². The topological polar surface area (TPSA) is 132 Å². The molecule has 0 bridgehead atoms. The van der Waals surface area contributed by atoms with E-state index in [2.05, 4.69) is 25.6 Å². The Hall–Kier alpha value is -4.08. The second-order valence-electron chi connectivity index (χ2n) is 7.22. The maximum Gasteiger partial charge on any atom is 0.353 e. The number of anilines is 4. The summed E-state index contributed by atoms with van der Waals surface area (Å²) in [5.74, 6) is 0.242. The molecule has 31 heavy (non-hydrogen) atoms. The van der Waals surface area contributed by atoms with Crippen LogP contribution >= 0.6 is 0 Å². The van der Waals surface area contributed by atoms with E-state index in [4.69, 9.17) is 4.74 Å². The summed E-state index contributed by atoms with van der Waals surface area (Å²) in [5, 5.41) is 17.5. The van der Waals surface area contributed by atoms with Gasteiger partial charge in [0.2, 0.25) is 11.6 Å². The number of esters is 1. The molecule has 0 fully saturated rings. The number of ether oxygens (including phenoxy) is 1. The number of aromatic nitrogens is 3. The molecule has 3 rings (SSSR count). The smallest absolute Gasteiger partial charge is 0.353 e. The Kier molecular flexibility index (Phi) is 6.71. The van der Waals surface area contributed by atoms with E-state index in [9.17, 15) is 14.9 Å². The summed E-state index contributed by atoms with van der Waals surface area (Å²) < 4.78 is 5.19. The van der Waals surface area contributed by atoms with Crippen LogP contribution in [0.25, 0.3) is 0 Å². The summed E-state index contributed by atoms with van der Waals surface area (Å²) in [6.07, 6.45) is 2.85. The Bertz CT molecular complexity index is 1070. The lowest BCUT2D eigenvalue weighted by molar-refractivity contribution is -0.383. The van der Waals surface area contributed by atoms with Gasteiger partial charge in [-0.05, 0) is 48.7 Å². The largest absolute Gasteiger partial charge is 0.462 e. The Morgan fingerprint density at radius 2 is 1.74 bits per heavy atom. The van der Waals surface area contributed by atoms with E-state index < -0.39 is 10.9 Å². The average molecular weight is 422 g/mol. The number of rotatable bonds is 8. The second kappa shape index (κ2) is 9.61. The molecule has 0 radical (unpaired) electrons. The van der Waals surface area contributed by atoms with Gasteiger partial charge in [-0.2, -0.15) is 0 Å². The first-order valence-corrected chi connectivity index (χ1v) is 9.56. The molecule has 0 saturated carbocycles. The molecule has 2 N–H and O–H groups in total. The van der Waals surface area contributed by atoms with Gasteiger partial charge in [0.1, 0.15) is 12.1 Å². The second-order valence-corrected chi connectivity index (χ2v) is 7.22. The number of benzene rings is 1. The molecule has 10 heteroatoms. The number of nitro groups is 1. The van der Waals surface area contributed by atoms with Gasteiger partial charge in [0.25, 0.3) is 0 Å². The van der Waals surface area contributed by atoms with Crippen molar-refractivity contribution in [3.63, 3.8) is 0 Å². The van der Waals surface area contributed by atoms with Crippen molar-refractivity contribution in [3.8, 4) is 0 Å². The van der Waals surface area contributed by atoms with Crippen molar-refractivity contribution in [3.05, 3.63) is 70.2 Å². The fourth-order valence-corrected chi connectivity index (χ4v) is 2.55. The van der Waals surface area contributed by atoms with Gasteiger partial charge in [-0.15, -0.1) is 0 Å². The average Bonchev–Trinajstić information content (AvgIpc) is 2.74. The molecule has 160 valence electrons. The molecule has 10 nitrogen and oxygen atoms in total. The normalized spacial score (nSPS) is 10.6. The van der Waals surface area contributed by atoms with Crippen LogP contribution in [0.4, 0.5) is 28.8 Å². The zero-order chi connectivity index (χ0) is 22.4. The van der Waals surface area contributed by atoms with Gasteiger partial charge in [0.05, 0.1) is 17.1 Å². The van der Waals surface area contributed by atoms with Crippen molar-refractivity contribution in [2.75, 3.05) is 17.2 Å². The van der Waals surface area contributed by atoms with E-state index in [1.165, 1.54) is 6.33 Å². The van der Waals surface area contributed by atoms with Crippen LogP contribution in [0.2, 0.25) is 0 Å². The van der Waals surface area contributed by atoms with Crippen LogP contribution in [-0.4, -0.2) is 32.5 Å². The third-order valence-electron chi connectivity index (χ3n) is 4.09. The molecule has 0 spiro atoms. The molecule has 2 heterocycles. The summed E-state index contributed by atoms with van der Waals surface area (Å²) in [7, 11) is 0. The predicted molar refractivity (Wildman–Crippen MR) is 116 cm³/mol. The van der Waals surface area contributed by atoms with Crippen molar-refractivity contribution < 1.29 is 14.5 Å². The van der Waals surface area contributed by atoms with Crippen molar-refractivity contribution >= 4 is 34.8 Å². The Morgan fingerprint density at radius 3 is 2.32 bits per heavy atom. The van der Waals surface area contributed by atoms with E-state index in [1.807, 2.05) is 26.8 Å². The molecule has 3 aromatic rings. The van der Waals surface area contributed by atoms with Crippen molar-refractivity contribution in [2.24, 2.45) is 5.92 Å². The molecule has 0 atom stereocenters. The minimum absolute atomic E-state index is 0.00439. The van der Waals surface area contributed by atoms with Gasteiger partial charge >= 0.3 is 11.7 Å². The summed E-state index contributed by atoms with van der Waals surface area (Å²) in [6, 6.07) is 9.92. The first-order chi connectivity index (χ1) is 14.8. The highest BCUT2D eigenvalue weighted by Gasteiger charge is 2.23. The molecule has 0 saturated heterocycles. The van der Waals surface area contributed by atoms with E-state index in [0.29, 0.717) is 23.7 Å². The van der Waals surface area contributed by atoms with Crippen LogP contribution in [0, 0.1) is 23.0 Å². The number of hydrogen-bond donors (Lipinski definition) is 2. The number of nitrogens with one attached hydrogen (secondary N) is 2. The number of carbonyl (C=O) groups is 1. The minimum atomic E-state index is -0.573. The Morgan fingerprint density at radius 1 is 1.06 bits per heavy atom. The first kappa shape index (κ1) is 21.6. The maximum atomic E-state index is 12.0. The highest BCUT2D eigenvalue weighted by atomic mass is 16.6. The molecule has 2 aromatic heterocycles. The molecule has 1 aromatic carbocycles. The number of pyridine rings is 1. The van der Waals surface area contributed by atoms with Gasteiger partial charge in [-0.1, -0.05) is 19.9 Å². The molecule has 0 aliphatic carbocycles. The third kappa shape index (κ3) is 5.72. The van der Waals surface area contributed by atoms with Crippen molar-refractivity contribution in [1.82, 2.24) is 15.0 Å². The molecule has 0 aliphatic heterocycles. The molecule has 0 amide bonds. The number of aryl methyl sites for hydroxylation is 1. The van der Waals surface area contributed by atoms with Gasteiger partial charge < -0.3 is 15.4 Å². The van der Waals surface area contributed by atoms with Gasteiger partial charge in [0.15, 0.2) is 0 Å². The highest BCUT2D eigenvalue weighted by Crippen LogP contribution is 2.32. The van der Waals surface area contributed by atoms with Crippen LogP contribution in [0.5, 0.6) is 0 Å². The fraction of sp³-hybridized carbons (Fsp3) is 0.238. The molecule has 0 aliphatic rings. The van der Waals surface area contributed by atoms with E-state index >= 15 is 0 Å². The minimum Gasteiger partial charge on any atom is -0.462 e. The molecule has 0 unspecified atom stereocenters. The highest BCUT2D eigenvalue weighted by molar-refractivity contribution is 5.90. The summed E-state index contributed by atoms with van der Waals surface area (Å²) in [6.45, 7) is 6.12. The molecular weight excluding hydrogens is 400 g/mol. The van der Waals surface area contributed by atoms with E-state index in [1.54, 1.807) is 36.5 Å². The number of nitrogens with zero attached hydrogens (tertiary/aromatic N) is 4. The summed E-state index contributed by atoms with van der Waals surface area (Å²) >= 11 is 0. The predicted octanol–water partition coefficient (Wildman–Crippen LogP) is 4.39. The first-order valence-electron chi connectivity index (χ1n) is 9.56. The zero-order valence-corrected chi connectivity index (χ0v) is 17.3. The van der Waals surface area contributed by atoms with Gasteiger partial charge in [-0.25, -0.2) is 19.7 Å². The molecular formula is C21H22N6O4. The van der Waals surface area contributed by atoms with Gasteiger partial charge in [-0.3, -0.25) is 10.1 Å². The van der Waals surface area contributed by atoms with E-state index in [0.717, 1.165) is 5.56 Å². The van der Waals surface area contributed by atoms with Crippen LogP contribution in [0.1, 0.15) is 29.8 Å².